The summed E-state index contributed by atoms with van der Waals surface area (Å²) in [6.45, 7) is 1.77. The molecule has 4 nitrogen and oxygen atoms in total. The van der Waals surface area contributed by atoms with E-state index in [1.807, 2.05) is 0 Å². The zero-order valence-corrected chi connectivity index (χ0v) is 14.0. The van der Waals surface area contributed by atoms with Crippen LogP contribution >= 0.6 is 0 Å². The van der Waals surface area contributed by atoms with Crippen LogP contribution in [0, 0.1) is 12.7 Å². The van der Waals surface area contributed by atoms with Gasteiger partial charge in [0.1, 0.15) is 11.6 Å². The monoisotopic (exact) mass is 345 g/mol. The van der Waals surface area contributed by atoms with Crippen molar-refractivity contribution in [2.24, 2.45) is 0 Å². The molecule has 0 aliphatic carbocycles. The fourth-order valence-electron chi connectivity index (χ4n) is 2.51. The molecule has 0 atom stereocenters. The molecule has 0 unspecified atom stereocenters. The maximum atomic E-state index is 14.1. The number of ether oxygens (including phenoxy) is 1. The molecule has 0 radical (unpaired) electrons. The lowest BCUT2D eigenvalue weighted by atomic mass is 10.1. The fraction of sp³-hybridized carbons (Fsp3) is 0.111. The van der Waals surface area contributed by atoms with Gasteiger partial charge in [-0.2, -0.15) is 0 Å². The fourth-order valence-corrected chi connectivity index (χ4v) is 3.97. The van der Waals surface area contributed by atoms with Crippen molar-refractivity contribution in [3.8, 4) is 17.0 Å². The summed E-state index contributed by atoms with van der Waals surface area (Å²) in [5.74, 6) is -0.0370. The van der Waals surface area contributed by atoms with Gasteiger partial charge in [-0.15, -0.1) is 0 Å². The summed E-state index contributed by atoms with van der Waals surface area (Å²) >= 11 is 0. The van der Waals surface area contributed by atoms with Crippen LogP contribution in [0.25, 0.3) is 11.3 Å². The van der Waals surface area contributed by atoms with Crippen LogP contribution in [0.15, 0.2) is 65.7 Å². The van der Waals surface area contributed by atoms with Gasteiger partial charge in [0, 0.05) is 17.8 Å². The van der Waals surface area contributed by atoms with Gasteiger partial charge in [0.25, 0.3) is 10.0 Å². The predicted molar refractivity (Wildman–Crippen MR) is 90.1 cm³/mol. The number of nitrogens with zero attached hydrogens (tertiary/aromatic N) is 1. The number of methoxy groups -OCH3 is 1. The van der Waals surface area contributed by atoms with E-state index in [0.29, 0.717) is 5.75 Å². The average molecular weight is 345 g/mol. The number of hydrogen-bond acceptors (Lipinski definition) is 3. The smallest absolute Gasteiger partial charge is 0.268 e. The van der Waals surface area contributed by atoms with Crippen molar-refractivity contribution < 1.29 is 17.5 Å². The van der Waals surface area contributed by atoms with Gasteiger partial charge in [-0.05, 0) is 42.8 Å². The first-order valence-corrected chi connectivity index (χ1v) is 8.71. The molecular formula is C18H16FNO3S. The van der Waals surface area contributed by atoms with Crippen molar-refractivity contribution in [1.82, 2.24) is 3.97 Å². The Labute approximate surface area is 140 Å². The highest BCUT2D eigenvalue weighted by molar-refractivity contribution is 7.90. The first-order valence-electron chi connectivity index (χ1n) is 7.27. The van der Waals surface area contributed by atoms with Crippen LogP contribution in [-0.2, 0) is 10.0 Å². The summed E-state index contributed by atoms with van der Waals surface area (Å²) in [7, 11) is -2.41. The van der Waals surface area contributed by atoms with E-state index in [4.69, 9.17) is 4.74 Å². The van der Waals surface area contributed by atoms with Crippen LogP contribution in [0.4, 0.5) is 4.39 Å². The van der Waals surface area contributed by atoms with Gasteiger partial charge < -0.3 is 4.74 Å². The molecule has 0 saturated carbocycles. The SMILES string of the molecule is COc1cccc(S(=O)(=O)n2cc(C)cc2-c2ccccc2F)c1. The molecule has 0 aliphatic rings. The zero-order chi connectivity index (χ0) is 17.3. The molecule has 0 saturated heterocycles. The molecular weight excluding hydrogens is 329 g/mol. The molecule has 124 valence electrons. The Balaban J connectivity index is 2.21. The minimum Gasteiger partial charge on any atom is -0.497 e. The summed E-state index contributed by atoms with van der Waals surface area (Å²) in [6, 6.07) is 13.9. The second kappa shape index (κ2) is 6.13. The number of aromatic nitrogens is 1. The first-order chi connectivity index (χ1) is 11.4. The molecule has 1 aromatic heterocycles. The van der Waals surface area contributed by atoms with Crippen molar-refractivity contribution in [1.29, 1.82) is 0 Å². The molecule has 24 heavy (non-hydrogen) atoms. The van der Waals surface area contributed by atoms with Crippen LogP contribution in [0.3, 0.4) is 0 Å². The van der Waals surface area contributed by atoms with E-state index in [1.54, 1.807) is 43.3 Å². The maximum Gasteiger partial charge on any atom is 0.268 e. The molecule has 3 aromatic rings. The van der Waals surface area contributed by atoms with Gasteiger partial charge in [-0.3, -0.25) is 0 Å². The first kappa shape index (κ1) is 16.3. The summed E-state index contributed by atoms with van der Waals surface area (Å²) in [5, 5.41) is 0. The summed E-state index contributed by atoms with van der Waals surface area (Å²) in [5.41, 5.74) is 1.24. The number of halogens is 1. The Morgan fingerprint density at radius 2 is 1.79 bits per heavy atom. The number of hydrogen-bond donors (Lipinski definition) is 0. The van der Waals surface area contributed by atoms with E-state index >= 15 is 0 Å². The molecule has 3 rings (SSSR count). The Hall–Kier alpha value is -2.60. The number of aryl methyl sites for hydroxylation is 1. The third-order valence-electron chi connectivity index (χ3n) is 3.67. The van der Waals surface area contributed by atoms with Crippen molar-refractivity contribution in [3.05, 3.63) is 72.2 Å². The second-order valence-corrected chi connectivity index (χ2v) is 7.18. The second-order valence-electron chi connectivity index (χ2n) is 5.36. The topological polar surface area (TPSA) is 48.3 Å². The number of benzene rings is 2. The Morgan fingerprint density at radius 3 is 2.50 bits per heavy atom. The quantitative estimate of drug-likeness (QED) is 0.722. The summed E-state index contributed by atoms with van der Waals surface area (Å²) < 4.78 is 46.4. The van der Waals surface area contributed by atoms with Crippen LogP contribution in [0.1, 0.15) is 5.56 Å². The minimum atomic E-state index is -3.88. The van der Waals surface area contributed by atoms with Crippen molar-refractivity contribution in [2.75, 3.05) is 7.11 Å². The lowest BCUT2D eigenvalue weighted by Crippen LogP contribution is -2.13. The van der Waals surface area contributed by atoms with Gasteiger partial charge in [-0.25, -0.2) is 16.8 Å². The third kappa shape index (κ3) is 2.80. The molecule has 1 heterocycles. The van der Waals surface area contributed by atoms with Crippen LogP contribution < -0.4 is 4.74 Å². The largest absolute Gasteiger partial charge is 0.497 e. The summed E-state index contributed by atoms with van der Waals surface area (Å²) in [4.78, 5) is 0.0787. The normalized spacial score (nSPS) is 11.5. The van der Waals surface area contributed by atoms with Gasteiger partial charge in [-0.1, -0.05) is 18.2 Å². The van der Waals surface area contributed by atoms with Gasteiger partial charge in [0.15, 0.2) is 0 Å². The van der Waals surface area contributed by atoms with Gasteiger partial charge >= 0.3 is 0 Å². The van der Waals surface area contributed by atoms with E-state index < -0.39 is 15.8 Å². The summed E-state index contributed by atoms with van der Waals surface area (Å²) in [6.07, 6.45) is 1.48. The minimum absolute atomic E-state index is 0.0787. The Kier molecular flexibility index (Phi) is 4.15. The van der Waals surface area contributed by atoms with Crippen molar-refractivity contribution in [3.63, 3.8) is 0 Å². The molecule has 0 amide bonds. The highest BCUT2D eigenvalue weighted by Gasteiger charge is 2.22. The van der Waals surface area contributed by atoms with Crippen molar-refractivity contribution in [2.45, 2.75) is 11.8 Å². The van der Waals surface area contributed by atoms with E-state index in [9.17, 15) is 12.8 Å². The van der Waals surface area contributed by atoms with E-state index in [0.717, 1.165) is 9.54 Å². The highest BCUT2D eigenvalue weighted by Crippen LogP contribution is 2.29. The van der Waals surface area contributed by atoms with E-state index in [1.165, 1.54) is 31.5 Å². The molecule has 0 bridgehead atoms. The van der Waals surface area contributed by atoms with Crippen LogP contribution in [0.5, 0.6) is 5.75 Å². The van der Waals surface area contributed by atoms with E-state index in [2.05, 4.69) is 0 Å². The lowest BCUT2D eigenvalue weighted by Gasteiger charge is -2.12. The average Bonchev–Trinajstić information content (AvgIpc) is 2.98. The Morgan fingerprint density at radius 1 is 1.04 bits per heavy atom. The maximum absolute atomic E-state index is 14.1. The zero-order valence-electron chi connectivity index (χ0n) is 13.2. The molecule has 0 fully saturated rings. The molecule has 0 N–H and O–H groups in total. The van der Waals surface area contributed by atoms with Crippen LogP contribution in [-0.4, -0.2) is 19.5 Å². The van der Waals surface area contributed by atoms with Crippen LogP contribution in [0.2, 0.25) is 0 Å². The predicted octanol–water partition coefficient (Wildman–Crippen LogP) is 3.85. The standard InChI is InChI=1S/C18H16FNO3S/c1-13-10-18(16-8-3-4-9-17(16)19)20(12-13)24(21,22)15-7-5-6-14(11-15)23-2/h3-12H,1-2H3. The van der Waals surface area contributed by atoms with E-state index in [-0.39, 0.29) is 16.2 Å². The van der Waals surface area contributed by atoms with Crippen molar-refractivity contribution >= 4 is 10.0 Å². The molecule has 2 aromatic carbocycles. The van der Waals surface area contributed by atoms with Gasteiger partial charge in [0.05, 0.1) is 17.7 Å². The lowest BCUT2D eigenvalue weighted by molar-refractivity contribution is 0.413. The molecule has 0 spiro atoms. The Bertz CT molecular complexity index is 993. The highest BCUT2D eigenvalue weighted by atomic mass is 32.2. The molecule has 0 aliphatic heterocycles. The van der Waals surface area contributed by atoms with Gasteiger partial charge in [0.2, 0.25) is 0 Å². The molecule has 6 heteroatoms. The number of rotatable bonds is 4. The third-order valence-corrected chi connectivity index (χ3v) is 5.34.